The number of Topliss-reactive ketones (excluding diaryl/α,β-unsaturated/α-hetero) is 1. The largest absolute Gasteiger partial charge is 0.383 e. The highest BCUT2D eigenvalue weighted by Gasteiger charge is 2.26. The molecule has 5 N–H and O–H groups in total. The summed E-state index contributed by atoms with van der Waals surface area (Å²) in [6.45, 7) is 0. The quantitative estimate of drug-likeness (QED) is 0.278. The van der Waals surface area contributed by atoms with E-state index in [1.54, 1.807) is 6.20 Å². The number of aromatic nitrogens is 3. The fourth-order valence-electron chi connectivity index (χ4n) is 2.94. The van der Waals surface area contributed by atoms with Crippen LogP contribution >= 0.6 is 11.8 Å². The second kappa shape index (κ2) is 7.13. The van der Waals surface area contributed by atoms with Gasteiger partial charge in [0.25, 0.3) is 0 Å². The van der Waals surface area contributed by atoms with Crippen LogP contribution in [-0.4, -0.2) is 20.7 Å². The van der Waals surface area contributed by atoms with E-state index in [0.29, 0.717) is 10.7 Å². The van der Waals surface area contributed by atoms with Gasteiger partial charge in [0.15, 0.2) is 10.9 Å². The van der Waals surface area contributed by atoms with Crippen LogP contribution in [0.2, 0.25) is 0 Å². The number of carbonyl (C=O) groups excluding carboxylic acids is 1. The predicted molar refractivity (Wildman–Crippen MR) is 109 cm³/mol. The molecule has 0 aliphatic carbocycles. The number of para-hydroxylation sites is 1. The van der Waals surface area contributed by atoms with Crippen molar-refractivity contribution in [3.8, 4) is 0 Å². The minimum absolute atomic E-state index is 0.0340. The number of hydrogen-bond acceptors (Lipinski definition) is 6. The molecule has 4 rings (SSSR count). The fraction of sp³-hybridized carbons (Fsp3) is 0.0500. The lowest BCUT2D eigenvalue weighted by Gasteiger charge is -2.15. The van der Waals surface area contributed by atoms with Crippen molar-refractivity contribution in [3.05, 3.63) is 78.0 Å². The number of H-pyrrole nitrogens is 1. The molecule has 6 nitrogen and oxygen atoms in total. The summed E-state index contributed by atoms with van der Waals surface area (Å²) in [5.74, 6) is 0.515. The number of benzene rings is 2. The van der Waals surface area contributed by atoms with Crippen LogP contribution in [0.15, 0.2) is 72.0 Å². The number of hydrogen-bond donors (Lipinski definition) is 3. The normalized spacial score (nSPS) is 12.1. The van der Waals surface area contributed by atoms with Gasteiger partial charge >= 0.3 is 0 Å². The lowest BCUT2D eigenvalue weighted by Crippen LogP contribution is -2.11. The monoisotopic (exact) mass is 375 g/mol. The van der Waals surface area contributed by atoms with Gasteiger partial charge in [0, 0.05) is 28.7 Å². The van der Waals surface area contributed by atoms with Gasteiger partial charge in [0.2, 0.25) is 0 Å². The third-order valence-corrected chi connectivity index (χ3v) is 5.28. The van der Waals surface area contributed by atoms with Crippen molar-refractivity contribution in [2.24, 2.45) is 0 Å². The molecular formula is C20H17N5OS. The maximum absolute atomic E-state index is 13.4. The predicted octanol–water partition coefficient (Wildman–Crippen LogP) is 3.84. The van der Waals surface area contributed by atoms with Crippen LogP contribution in [0.4, 0.5) is 11.6 Å². The maximum atomic E-state index is 13.4. The zero-order valence-electron chi connectivity index (χ0n) is 14.3. The zero-order chi connectivity index (χ0) is 18.8. The Bertz CT molecular complexity index is 1090. The molecule has 2 aromatic heterocycles. The first kappa shape index (κ1) is 17.1. The first-order valence-electron chi connectivity index (χ1n) is 8.34. The summed E-state index contributed by atoms with van der Waals surface area (Å²) >= 11 is 1.24. The van der Waals surface area contributed by atoms with E-state index in [1.807, 2.05) is 54.6 Å². The molecule has 0 amide bonds. The first-order chi connectivity index (χ1) is 13.1. The number of ketones is 1. The lowest BCUT2D eigenvalue weighted by atomic mass is 10.0. The van der Waals surface area contributed by atoms with E-state index in [-0.39, 0.29) is 17.4 Å². The number of nitrogens with one attached hydrogen (secondary N) is 1. The lowest BCUT2D eigenvalue weighted by molar-refractivity contribution is 0.0991. The number of nitrogen functional groups attached to an aromatic ring is 2. The average molecular weight is 375 g/mol. The topological polar surface area (TPSA) is 111 Å². The molecule has 0 unspecified atom stereocenters. The molecule has 27 heavy (non-hydrogen) atoms. The summed E-state index contributed by atoms with van der Waals surface area (Å²) < 4.78 is 0. The molecular weight excluding hydrogens is 358 g/mol. The molecule has 0 bridgehead atoms. The summed E-state index contributed by atoms with van der Waals surface area (Å²) in [6.07, 6.45) is 1.75. The van der Waals surface area contributed by atoms with Crippen molar-refractivity contribution in [1.29, 1.82) is 0 Å². The molecule has 0 aliphatic heterocycles. The van der Waals surface area contributed by atoms with Crippen LogP contribution in [-0.2, 0) is 0 Å². The highest BCUT2D eigenvalue weighted by atomic mass is 32.2. The van der Waals surface area contributed by atoms with E-state index in [9.17, 15) is 4.79 Å². The highest BCUT2D eigenvalue weighted by molar-refractivity contribution is 8.00. The number of aromatic amines is 1. The fourth-order valence-corrected chi connectivity index (χ4v) is 3.99. The van der Waals surface area contributed by atoms with Crippen molar-refractivity contribution in [1.82, 2.24) is 15.0 Å². The van der Waals surface area contributed by atoms with Crippen LogP contribution in [0.3, 0.4) is 0 Å². The molecule has 7 heteroatoms. The van der Waals surface area contributed by atoms with Gasteiger partial charge in [0.05, 0.1) is 0 Å². The molecule has 0 spiro atoms. The van der Waals surface area contributed by atoms with Crippen molar-refractivity contribution in [2.75, 3.05) is 11.5 Å². The second-order valence-electron chi connectivity index (χ2n) is 6.02. The highest BCUT2D eigenvalue weighted by Crippen LogP contribution is 2.38. The molecule has 0 aliphatic rings. The molecule has 0 saturated carbocycles. The Kier molecular flexibility index (Phi) is 4.52. The van der Waals surface area contributed by atoms with E-state index < -0.39 is 5.25 Å². The number of rotatable bonds is 5. The number of thioether (sulfide) groups is 1. The first-order valence-corrected chi connectivity index (χ1v) is 9.22. The van der Waals surface area contributed by atoms with Crippen LogP contribution < -0.4 is 11.5 Å². The summed E-state index contributed by atoms with van der Waals surface area (Å²) in [5, 5.41) is 0.734. The Hall–Kier alpha value is -3.32. The minimum atomic E-state index is -0.522. The number of nitrogens with zero attached hydrogens (tertiary/aromatic N) is 2. The standard InChI is InChI=1S/C20H17N5OS/c21-16-10-17(22)25-20(24-16)27-19(12-6-2-1-3-7-12)18(26)14-11-23-15-9-5-4-8-13(14)15/h1-11,19,23H,(H4,21,22,24,25)/t19-/m1/s1. The summed E-state index contributed by atoms with van der Waals surface area (Å²) in [5.41, 5.74) is 14.0. The van der Waals surface area contributed by atoms with Crippen LogP contribution in [0, 0.1) is 0 Å². The van der Waals surface area contributed by atoms with Gasteiger partial charge in [-0.25, -0.2) is 9.97 Å². The number of carbonyl (C=O) groups is 1. The summed E-state index contributed by atoms with van der Waals surface area (Å²) in [6, 6.07) is 18.8. The molecule has 4 aromatic rings. The SMILES string of the molecule is Nc1cc(N)nc(S[C@@H](C(=O)c2c[nH]c3ccccc23)c2ccccc2)n1. The van der Waals surface area contributed by atoms with E-state index in [2.05, 4.69) is 15.0 Å². The Morgan fingerprint density at radius 2 is 1.63 bits per heavy atom. The molecule has 0 fully saturated rings. The Balaban J connectivity index is 1.77. The van der Waals surface area contributed by atoms with E-state index >= 15 is 0 Å². The molecule has 1 atom stereocenters. The van der Waals surface area contributed by atoms with Crippen molar-refractivity contribution in [2.45, 2.75) is 10.4 Å². The molecule has 2 heterocycles. The van der Waals surface area contributed by atoms with Crippen LogP contribution in [0.5, 0.6) is 0 Å². The summed E-state index contributed by atoms with van der Waals surface area (Å²) in [4.78, 5) is 25.0. The zero-order valence-corrected chi connectivity index (χ0v) is 15.1. The van der Waals surface area contributed by atoms with Gasteiger partial charge in [-0.2, -0.15) is 0 Å². The Morgan fingerprint density at radius 3 is 2.37 bits per heavy atom. The van der Waals surface area contributed by atoms with Crippen LogP contribution in [0.1, 0.15) is 21.2 Å². The van der Waals surface area contributed by atoms with Gasteiger partial charge < -0.3 is 16.5 Å². The number of nitrogens with two attached hydrogens (primary N) is 2. The van der Waals surface area contributed by atoms with Gasteiger partial charge in [-0.05, 0) is 11.6 Å². The molecule has 2 aromatic carbocycles. The van der Waals surface area contributed by atoms with Gasteiger partial charge in [-0.1, -0.05) is 60.3 Å². The smallest absolute Gasteiger partial charge is 0.192 e. The van der Waals surface area contributed by atoms with Crippen LogP contribution in [0.25, 0.3) is 10.9 Å². The number of fused-ring (bicyclic) bond motifs is 1. The minimum Gasteiger partial charge on any atom is -0.383 e. The van der Waals surface area contributed by atoms with Gasteiger partial charge in [-0.15, -0.1) is 0 Å². The van der Waals surface area contributed by atoms with Crippen molar-refractivity contribution < 1.29 is 4.79 Å². The third kappa shape index (κ3) is 3.50. The average Bonchev–Trinajstić information content (AvgIpc) is 3.10. The second-order valence-corrected chi connectivity index (χ2v) is 7.09. The Labute approximate surface area is 160 Å². The molecule has 0 radical (unpaired) electrons. The van der Waals surface area contributed by atoms with E-state index in [4.69, 9.17) is 11.5 Å². The Morgan fingerprint density at radius 1 is 0.963 bits per heavy atom. The maximum Gasteiger partial charge on any atom is 0.192 e. The van der Waals surface area contributed by atoms with E-state index in [1.165, 1.54) is 17.8 Å². The summed E-state index contributed by atoms with van der Waals surface area (Å²) in [7, 11) is 0. The molecule has 134 valence electrons. The molecule has 0 saturated heterocycles. The van der Waals surface area contributed by atoms with Gasteiger partial charge in [-0.3, -0.25) is 4.79 Å². The third-order valence-electron chi connectivity index (χ3n) is 4.16. The van der Waals surface area contributed by atoms with Crippen molar-refractivity contribution >= 4 is 40.1 Å². The number of anilines is 2. The van der Waals surface area contributed by atoms with Gasteiger partial charge in [0.1, 0.15) is 16.9 Å². The van der Waals surface area contributed by atoms with E-state index in [0.717, 1.165) is 16.5 Å². The van der Waals surface area contributed by atoms with Crippen molar-refractivity contribution in [3.63, 3.8) is 0 Å².